The zero-order valence-corrected chi connectivity index (χ0v) is 16.8. The van der Waals surface area contributed by atoms with Gasteiger partial charge in [-0.05, 0) is 37.1 Å². The van der Waals surface area contributed by atoms with Gasteiger partial charge in [0.25, 0.3) is 0 Å². The van der Waals surface area contributed by atoms with Crippen molar-refractivity contribution >= 4 is 16.9 Å². The molecule has 1 unspecified atom stereocenters. The quantitative estimate of drug-likeness (QED) is 0.397. The number of pyridine rings is 2. The zero-order chi connectivity index (χ0) is 20.2. The third kappa shape index (κ3) is 3.74. The Labute approximate surface area is 170 Å². The van der Waals surface area contributed by atoms with Gasteiger partial charge in [0.15, 0.2) is 0 Å². The number of nitrogens with zero attached hydrogens (tertiary/aromatic N) is 4. The number of nitrogens with one attached hydrogen (secondary N) is 2. The lowest BCUT2D eigenvalue weighted by Gasteiger charge is -2.20. The van der Waals surface area contributed by atoms with Crippen LogP contribution in [0.4, 0.5) is 0 Å². The van der Waals surface area contributed by atoms with Gasteiger partial charge in [0.05, 0.1) is 29.1 Å². The highest BCUT2D eigenvalue weighted by Crippen LogP contribution is 2.29. The zero-order valence-electron chi connectivity index (χ0n) is 16.8. The molecule has 6 nitrogen and oxygen atoms in total. The fraction of sp³-hybridized carbons (Fsp3) is 0.217. The van der Waals surface area contributed by atoms with Gasteiger partial charge in [-0.25, -0.2) is 9.97 Å². The van der Waals surface area contributed by atoms with Crippen LogP contribution in [0.3, 0.4) is 0 Å². The first-order valence-electron chi connectivity index (χ1n) is 9.78. The molecule has 3 aromatic heterocycles. The summed E-state index contributed by atoms with van der Waals surface area (Å²) in [6.07, 6.45) is 4.37. The predicted molar refractivity (Wildman–Crippen MR) is 117 cm³/mol. The highest BCUT2D eigenvalue weighted by molar-refractivity contribution is 5.98. The molecule has 0 fully saturated rings. The number of fused-ring (bicyclic) bond motifs is 1. The van der Waals surface area contributed by atoms with E-state index in [1.165, 1.54) is 0 Å². The first kappa shape index (κ1) is 18.8. The number of aromatic nitrogens is 4. The highest BCUT2D eigenvalue weighted by Gasteiger charge is 2.19. The Morgan fingerprint density at radius 1 is 1.10 bits per heavy atom. The first-order valence-corrected chi connectivity index (χ1v) is 9.78. The van der Waals surface area contributed by atoms with Gasteiger partial charge in [0, 0.05) is 24.5 Å². The van der Waals surface area contributed by atoms with Gasteiger partial charge in [-0.3, -0.25) is 9.98 Å². The molecule has 29 heavy (non-hydrogen) atoms. The van der Waals surface area contributed by atoms with Crippen molar-refractivity contribution in [2.75, 3.05) is 7.05 Å². The molecule has 0 saturated carbocycles. The Kier molecular flexibility index (Phi) is 5.33. The van der Waals surface area contributed by atoms with Crippen LogP contribution in [-0.2, 0) is 6.42 Å². The van der Waals surface area contributed by atoms with Gasteiger partial charge < -0.3 is 10.3 Å². The Balaban J connectivity index is 1.77. The van der Waals surface area contributed by atoms with E-state index in [2.05, 4.69) is 57.3 Å². The minimum atomic E-state index is -0.0741. The van der Waals surface area contributed by atoms with Gasteiger partial charge in [-0.15, -0.1) is 0 Å². The lowest BCUT2D eigenvalue weighted by atomic mass is 9.99. The second-order valence-electron chi connectivity index (χ2n) is 6.85. The average Bonchev–Trinajstić information content (AvgIpc) is 3.25. The van der Waals surface area contributed by atoms with Crippen LogP contribution in [0.25, 0.3) is 22.2 Å². The Bertz CT molecular complexity index is 1150. The largest absolute Gasteiger partial charge is 0.360 e. The van der Waals surface area contributed by atoms with E-state index in [0.717, 1.165) is 51.5 Å². The topological polar surface area (TPSA) is 78.9 Å². The summed E-state index contributed by atoms with van der Waals surface area (Å²) in [5.74, 6) is 0.752. The molecule has 0 spiro atoms. The number of benzene rings is 1. The van der Waals surface area contributed by atoms with Crippen LogP contribution in [0.1, 0.15) is 37.0 Å². The maximum Gasteiger partial charge on any atom is 0.149 e. The molecule has 0 aliphatic rings. The average molecular weight is 384 g/mol. The minimum Gasteiger partial charge on any atom is -0.360 e. The number of hydrogen-bond acceptors (Lipinski definition) is 4. The van der Waals surface area contributed by atoms with Crippen LogP contribution in [0.2, 0.25) is 0 Å². The lowest BCUT2D eigenvalue weighted by Crippen LogP contribution is -2.29. The fourth-order valence-corrected chi connectivity index (χ4v) is 3.50. The molecule has 4 aromatic rings. The summed E-state index contributed by atoms with van der Waals surface area (Å²) in [4.78, 5) is 21.5. The van der Waals surface area contributed by atoms with E-state index in [4.69, 9.17) is 4.98 Å². The molecule has 0 aliphatic heterocycles. The van der Waals surface area contributed by atoms with Gasteiger partial charge in [-0.1, -0.05) is 37.3 Å². The number of aryl methyl sites for hydroxylation is 1. The number of aliphatic imine (C=N–C) groups is 1. The van der Waals surface area contributed by atoms with E-state index in [-0.39, 0.29) is 6.04 Å². The molecule has 4 rings (SSSR count). The second kappa shape index (κ2) is 8.22. The summed E-state index contributed by atoms with van der Waals surface area (Å²) in [7, 11) is 1.78. The third-order valence-corrected chi connectivity index (χ3v) is 4.98. The molecular weight excluding hydrogens is 360 g/mol. The van der Waals surface area contributed by atoms with Gasteiger partial charge in [-0.2, -0.15) is 0 Å². The van der Waals surface area contributed by atoms with Crippen LogP contribution in [0, 0.1) is 0 Å². The van der Waals surface area contributed by atoms with Crippen molar-refractivity contribution in [3.8, 4) is 11.1 Å². The Morgan fingerprint density at radius 2 is 1.93 bits per heavy atom. The van der Waals surface area contributed by atoms with Gasteiger partial charge in [0.2, 0.25) is 0 Å². The van der Waals surface area contributed by atoms with E-state index in [9.17, 15) is 0 Å². The fourth-order valence-electron chi connectivity index (χ4n) is 3.50. The van der Waals surface area contributed by atoms with E-state index >= 15 is 0 Å². The van der Waals surface area contributed by atoms with E-state index in [1.807, 2.05) is 30.3 Å². The van der Waals surface area contributed by atoms with Crippen molar-refractivity contribution in [1.82, 2.24) is 25.3 Å². The van der Waals surface area contributed by atoms with Crippen molar-refractivity contribution in [3.63, 3.8) is 0 Å². The summed E-state index contributed by atoms with van der Waals surface area (Å²) in [5, 5.41) is 3.52. The number of H-pyrrole nitrogens is 1. The van der Waals surface area contributed by atoms with Crippen LogP contribution < -0.4 is 5.32 Å². The molecule has 1 atom stereocenters. The normalized spacial score (nSPS) is 12.9. The van der Waals surface area contributed by atoms with Crippen molar-refractivity contribution in [2.45, 2.75) is 26.3 Å². The number of aromatic amines is 1. The Morgan fingerprint density at radius 3 is 2.69 bits per heavy atom. The summed E-state index contributed by atoms with van der Waals surface area (Å²) in [5.41, 5.74) is 6.79. The maximum atomic E-state index is 4.95. The summed E-state index contributed by atoms with van der Waals surface area (Å²) < 4.78 is 0. The first-order chi connectivity index (χ1) is 14.2. The summed E-state index contributed by atoms with van der Waals surface area (Å²) in [6, 6.07) is 16.2. The van der Waals surface area contributed by atoms with Crippen LogP contribution in [0.15, 0.2) is 66.0 Å². The molecule has 0 saturated heterocycles. The molecule has 146 valence electrons. The van der Waals surface area contributed by atoms with Crippen LogP contribution >= 0.6 is 0 Å². The number of hydrogen-bond donors (Lipinski definition) is 2. The molecule has 1 aromatic carbocycles. The van der Waals surface area contributed by atoms with E-state index < -0.39 is 0 Å². The minimum absolute atomic E-state index is 0.0741. The van der Waals surface area contributed by atoms with Crippen molar-refractivity contribution in [1.29, 1.82) is 0 Å². The number of imidazole rings is 1. The standard InChI is InChI=1S/C23H24N6/c1-4-18-22(27-14-26-18)23(24-3)28-15(2)21-17(16-9-6-5-7-10-16)13-20-19(29-21)11-8-12-25-20/h5-15H,4H2,1-3H3,(H,24,28)(H,26,27). The molecule has 0 amide bonds. The van der Waals surface area contributed by atoms with Gasteiger partial charge >= 0.3 is 0 Å². The molecule has 0 aliphatic carbocycles. The van der Waals surface area contributed by atoms with E-state index in [1.54, 1.807) is 19.6 Å². The number of rotatable bonds is 5. The Hall–Kier alpha value is -3.54. The SMILES string of the molecule is CCc1[nH]cnc1C(=NC)NC(C)c1nc2cccnc2cc1-c1ccccc1. The molecule has 3 heterocycles. The van der Waals surface area contributed by atoms with Crippen molar-refractivity contribution < 1.29 is 0 Å². The second-order valence-corrected chi connectivity index (χ2v) is 6.85. The summed E-state index contributed by atoms with van der Waals surface area (Å²) >= 11 is 0. The molecule has 0 radical (unpaired) electrons. The lowest BCUT2D eigenvalue weighted by molar-refractivity contribution is 0.694. The number of amidine groups is 1. The smallest absolute Gasteiger partial charge is 0.149 e. The predicted octanol–water partition coefficient (Wildman–Crippen LogP) is 4.31. The highest BCUT2D eigenvalue weighted by atomic mass is 15.1. The monoisotopic (exact) mass is 384 g/mol. The molecular formula is C23H24N6. The van der Waals surface area contributed by atoms with Crippen molar-refractivity contribution in [3.05, 3.63) is 78.1 Å². The van der Waals surface area contributed by atoms with Crippen LogP contribution in [-0.4, -0.2) is 32.8 Å². The summed E-state index contributed by atoms with van der Waals surface area (Å²) in [6.45, 7) is 4.19. The molecule has 6 heteroatoms. The third-order valence-electron chi connectivity index (χ3n) is 4.98. The van der Waals surface area contributed by atoms with Crippen LogP contribution in [0.5, 0.6) is 0 Å². The van der Waals surface area contributed by atoms with E-state index in [0.29, 0.717) is 0 Å². The van der Waals surface area contributed by atoms with Gasteiger partial charge in [0.1, 0.15) is 11.5 Å². The van der Waals surface area contributed by atoms with Crippen molar-refractivity contribution in [2.24, 2.45) is 4.99 Å². The molecule has 2 N–H and O–H groups in total. The molecule has 0 bridgehead atoms. The maximum absolute atomic E-state index is 4.95.